The van der Waals surface area contributed by atoms with Gasteiger partial charge in [-0.25, -0.2) is 9.97 Å². The van der Waals surface area contributed by atoms with Crippen molar-refractivity contribution >= 4 is 77.7 Å². The molecule has 200 valence electrons. The van der Waals surface area contributed by atoms with E-state index in [-0.39, 0.29) is 36.5 Å². The molecular formula is C22H26N10O2S4. The third-order valence-corrected chi connectivity index (χ3v) is 9.78. The Bertz CT molecular complexity index is 1290. The highest BCUT2D eigenvalue weighted by molar-refractivity contribution is 7.16. The molecule has 12 nitrogen and oxygen atoms in total. The van der Waals surface area contributed by atoms with Crippen LogP contribution in [0.4, 0.5) is 20.5 Å². The first-order valence-electron chi connectivity index (χ1n) is 12.0. The molecule has 0 aliphatic heterocycles. The number of carbonyl (C=O) groups excluding carboxylic acids is 2. The predicted octanol–water partition coefficient (Wildman–Crippen LogP) is 4.19. The van der Waals surface area contributed by atoms with Gasteiger partial charge in [-0.1, -0.05) is 29.1 Å². The summed E-state index contributed by atoms with van der Waals surface area (Å²) in [5, 5.41) is 36.9. The lowest BCUT2D eigenvalue weighted by atomic mass is 9.82. The number of nitrogens with one attached hydrogen (secondary N) is 4. The maximum atomic E-state index is 12.4. The monoisotopic (exact) mass is 590 g/mol. The molecule has 2 amide bonds. The van der Waals surface area contributed by atoms with Crippen LogP contribution in [0.25, 0.3) is 0 Å². The highest BCUT2D eigenvalue weighted by Crippen LogP contribution is 2.43. The summed E-state index contributed by atoms with van der Waals surface area (Å²) in [4.78, 5) is 33.5. The number of aromatic nitrogens is 6. The molecule has 0 saturated heterocycles. The number of rotatable bonds is 10. The zero-order chi connectivity index (χ0) is 26.5. The molecule has 4 heterocycles. The summed E-state index contributed by atoms with van der Waals surface area (Å²) in [7, 11) is 3.60. The van der Waals surface area contributed by atoms with Crippen molar-refractivity contribution in [2.75, 3.05) is 35.4 Å². The molecule has 1 saturated carbocycles. The molecule has 0 unspecified atom stereocenters. The van der Waals surface area contributed by atoms with Crippen LogP contribution in [0.5, 0.6) is 0 Å². The molecule has 4 N–H and O–H groups in total. The van der Waals surface area contributed by atoms with Gasteiger partial charge in [0.1, 0.15) is 10.0 Å². The summed E-state index contributed by atoms with van der Waals surface area (Å²) < 4.78 is 0. The van der Waals surface area contributed by atoms with Crippen LogP contribution in [0, 0.1) is 0 Å². The standard InChI is InChI=1S/C22H26N10O2S4/c1-23-19-25-13(9-35-19)7-15(33)27-21-31-29-17(37-21)11-4-3-5-12(6-11)18-30-32-22(38-18)28-16(34)8-14-10-36-20(24-2)26-14/h9-12H,3-8H2,1-2H3,(H,23,25)(H,24,26)(H,27,31,33)(H,28,32,34)/t11-,12-/m0/s1. The van der Waals surface area contributed by atoms with Crippen molar-refractivity contribution in [1.82, 2.24) is 30.4 Å². The van der Waals surface area contributed by atoms with Crippen molar-refractivity contribution in [2.45, 2.75) is 50.4 Å². The van der Waals surface area contributed by atoms with Gasteiger partial charge in [0, 0.05) is 36.7 Å². The van der Waals surface area contributed by atoms with E-state index in [4.69, 9.17) is 0 Å². The fourth-order valence-electron chi connectivity index (χ4n) is 4.20. The number of carbonyl (C=O) groups is 2. The number of hydrogen-bond donors (Lipinski definition) is 4. The maximum Gasteiger partial charge on any atom is 0.232 e. The van der Waals surface area contributed by atoms with Crippen LogP contribution >= 0.6 is 45.3 Å². The molecular weight excluding hydrogens is 565 g/mol. The fourth-order valence-corrected chi connectivity index (χ4v) is 7.36. The molecule has 0 aromatic carbocycles. The van der Waals surface area contributed by atoms with Crippen molar-refractivity contribution in [3.8, 4) is 0 Å². The SMILES string of the molecule is CNc1nc(CC(=O)Nc2nnc([C@H]3CCC[C@H](c4nnc(NC(=O)Cc5csc(NC)n5)s4)C3)s2)cs1. The van der Waals surface area contributed by atoms with Crippen molar-refractivity contribution in [3.05, 3.63) is 32.2 Å². The van der Waals surface area contributed by atoms with Gasteiger partial charge in [-0.15, -0.1) is 43.1 Å². The Hall–Kier alpha value is -3.08. The molecule has 1 fully saturated rings. The first-order chi connectivity index (χ1) is 18.5. The molecule has 2 atom stereocenters. The Labute approximate surface area is 234 Å². The topological polar surface area (TPSA) is 160 Å². The second-order valence-electron chi connectivity index (χ2n) is 8.69. The Morgan fingerprint density at radius 2 is 1.24 bits per heavy atom. The maximum absolute atomic E-state index is 12.4. The minimum atomic E-state index is -0.164. The van der Waals surface area contributed by atoms with Gasteiger partial charge in [0.05, 0.1) is 24.2 Å². The van der Waals surface area contributed by atoms with E-state index in [0.717, 1.165) is 57.3 Å². The molecule has 4 aromatic heterocycles. The summed E-state index contributed by atoms with van der Waals surface area (Å²) in [6.45, 7) is 0. The van der Waals surface area contributed by atoms with Gasteiger partial charge in [0.2, 0.25) is 22.1 Å². The van der Waals surface area contributed by atoms with E-state index < -0.39 is 0 Å². The summed E-state index contributed by atoms with van der Waals surface area (Å²) in [6.07, 6.45) is 4.31. The molecule has 0 spiro atoms. The van der Waals surface area contributed by atoms with Crippen molar-refractivity contribution in [1.29, 1.82) is 0 Å². The largest absolute Gasteiger partial charge is 0.365 e. The lowest BCUT2D eigenvalue weighted by molar-refractivity contribution is -0.116. The molecule has 0 radical (unpaired) electrons. The van der Waals surface area contributed by atoms with Crippen LogP contribution in [-0.4, -0.2) is 56.3 Å². The second-order valence-corrected chi connectivity index (χ2v) is 12.4. The lowest BCUT2D eigenvalue weighted by Crippen LogP contribution is -2.14. The lowest BCUT2D eigenvalue weighted by Gasteiger charge is -2.25. The third kappa shape index (κ3) is 6.67. The average molecular weight is 591 g/mol. The minimum Gasteiger partial charge on any atom is -0.365 e. The van der Waals surface area contributed by atoms with E-state index in [1.54, 1.807) is 14.1 Å². The first kappa shape index (κ1) is 26.5. The van der Waals surface area contributed by atoms with Crippen LogP contribution in [0.2, 0.25) is 0 Å². The van der Waals surface area contributed by atoms with Crippen LogP contribution < -0.4 is 21.3 Å². The Kier molecular flexibility index (Phi) is 8.51. The molecule has 1 aliphatic carbocycles. The molecule has 38 heavy (non-hydrogen) atoms. The highest BCUT2D eigenvalue weighted by atomic mass is 32.1. The van der Waals surface area contributed by atoms with E-state index in [9.17, 15) is 9.59 Å². The van der Waals surface area contributed by atoms with Crippen molar-refractivity contribution in [3.63, 3.8) is 0 Å². The van der Waals surface area contributed by atoms with E-state index in [1.165, 1.54) is 45.3 Å². The number of nitrogens with zero attached hydrogens (tertiary/aromatic N) is 6. The zero-order valence-corrected chi connectivity index (χ0v) is 24.0. The molecule has 16 heteroatoms. The van der Waals surface area contributed by atoms with Crippen LogP contribution in [0.1, 0.15) is 58.9 Å². The van der Waals surface area contributed by atoms with Crippen LogP contribution in [0.3, 0.4) is 0 Å². The Morgan fingerprint density at radius 1 is 0.763 bits per heavy atom. The number of thiazole rings is 2. The minimum absolute atomic E-state index is 0.164. The summed E-state index contributed by atoms with van der Waals surface area (Å²) in [6, 6.07) is 0. The number of hydrogen-bond acceptors (Lipinski definition) is 14. The quantitative estimate of drug-likeness (QED) is 0.211. The molecule has 1 aliphatic rings. The van der Waals surface area contributed by atoms with Gasteiger partial charge in [0.25, 0.3) is 0 Å². The van der Waals surface area contributed by atoms with E-state index in [0.29, 0.717) is 10.3 Å². The first-order valence-corrected chi connectivity index (χ1v) is 15.4. The Balaban J connectivity index is 1.14. The van der Waals surface area contributed by atoms with Gasteiger partial charge in [-0.05, 0) is 19.3 Å². The number of anilines is 4. The summed E-state index contributed by atoms with van der Waals surface area (Å²) >= 11 is 5.77. The summed E-state index contributed by atoms with van der Waals surface area (Å²) in [5.74, 6) is 0.147. The summed E-state index contributed by atoms with van der Waals surface area (Å²) in [5.41, 5.74) is 1.44. The van der Waals surface area contributed by atoms with Crippen molar-refractivity contribution in [2.24, 2.45) is 0 Å². The molecule has 0 bridgehead atoms. The van der Waals surface area contributed by atoms with E-state index in [2.05, 4.69) is 51.6 Å². The second kappa shape index (κ2) is 12.2. The number of amides is 2. The molecule has 4 aromatic rings. The van der Waals surface area contributed by atoms with Crippen molar-refractivity contribution < 1.29 is 9.59 Å². The van der Waals surface area contributed by atoms with Gasteiger partial charge < -0.3 is 21.3 Å². The average Bonchev–Trinajstić information content (AvgIpc) is 3.72. The Morgan fingerprint density at radius 3 is 1.66 bits per heavy atom. The third-order valence-electron chi connectivity index (χ3n) is 5.96. The van der Waals surface area contributed by atoms with E-state index in [1.807, 2.05) is 10.8 Å². The normalized spacial score (nSPS) is 17.2. The smallest absolute Gasteiger partial charge is 0.232 e. The van der Waals surface area contributed by atoms with Crippen LogP contribution in [-0.2, 0) is 22.4 Å². The highest BCUT2D eigenvalue weighted by Gasteiger charge is 2.29. The van der Waals surface area contributed by atoms with E-state index >= 15 is 0 Å². The van der Waals surface area contributed by atoms with Gasteiger partial charge in [-0.3, -0.25) is 9.59 Å². The van der Waals surface area contributed by atoms with Crippen LogP contribution in [0.15, 0.2) is 10.8 Å². The van der Waals surface area contributed by atoms with Gasteiger partial charge in [0.15, 0.2) is 10.3 Å². The zero-order valence-electron chi connectivity index (χ0n) is 20.7. The van der Waals surface area contributed by atoms with Gasteiger partial charge >= 0.3 is 0 Å². The molecule has 5 rings (SSSR count). The van der Waals surface area contributed by atoms with Gasteiger partial charge in [-0.2, -0.15) is 0 Å². The predicted molar refractivity (Wildman–Crippen MR) is 152 cm³/mol. The fraction of sp³-hybridized carbons (Fsp3) is 0.455.